The van der Waals surface area contributed by atoms with Crippen molar-refractivity contribution in [2.45, 2.75) is 25.4 Å². The molecule has 0 spiro atoms. The molecule has 1 aliphatic heterocycles. The van der Waals surface area contributed by atoms with Crippen LogP contribution in [0.2, 0.25) is 0 Å². The van der Waals surface area contributed by atoms with Crippen molar-refractivity contribution in [2.24, 2.45) is 13.0 Å². The highest BCUT2D eigenvalue weighted by Crippen LogP contribution is 2.26. The Morgan fingerprint density at radius 1 is 1.38 bits per heavy atom. The monoisotopic (exact) mass is 285 g/mol. The van der Waals surface area contributed by atoms with Gasteiger partial charge in [-0.1, -0.05) is 30.3 Å². The average Bonchev–Trinajstić information content (AvgIpc) is 3.16. The van der Waals surface area contributed by atoms with Crippen LogP contribution < -0.4 is 5.32 Å². The minimum absolute atomic E-state index is 0.373. The van der Waals surface area contributed by atoms with E-state index in [0.717, 1.165) is 26.2 Å². The summed E-state index contributed by atoms with van der Waals surface area (Å²) in [5.74, 6) is 0.664. The van der Waals surface area contributed by atoms with Gasteiger partial charge >= 0.3 is 0 Å². The molecule has 4 nitrogen and oxygen atoms in total. The van der Waals surface area contributed by atoms with E-state index < -0.39 is 0 Å². The van der Waals surface area contributed by atoms with Crippen molar-refractivity contribution in [3.8, 4) is 0 Å². The third-order valence-corrected chi connectivity index (χ3v) is 4.11. The summed E-state index contributed by atoms with van der Waals surface area (Å²) in [6.45, 7) is 2.66. The van der Waals surface area contributed by atoms with Gasteiger partial charge in [-0.3, -0.25) is 4.68 Å². The third kappa shape index (κ3) is 3.93. The Morgan fingerprint density at radius 3 is 2.90 bits per heavy atom. The Balaban J connectivity index is 1.66. The summed E-state index contributed by atoms with van der Waals surface area (Å²) in [4.78, 5) is 0. The van der Waals surface area contributed by atoms with Gasteiger partial charge in [0.05, 0.1) is 6.20 Å². The van der Waals surface area contributed by atoms with Crippen LogP contribution in [0.1, 0.15) is 30.0 Å². The number of hydrogen-bond acceptors (Lipinski definition) is 3. The Hall–Kier alpha value is -1.65. The zero-order valence-electron chi connectivity index (χ0n) is 12.5. The van der Waals surface area contributed by atoms with E-state index in [2.05, 4.69) is 46.9 Å². The topological polar surface area (TPSA) is 39.1 Å². The lowest BCUT2D eigenvalue weighted by molar-refractivity contribution is 0.181. The molecule has 1 aromatic heterocycles. The smallest absolute Gasteiger partial charge is 0.0534 e. The molecule has 0 bridgehead atoms. The van der Waals surface area contributed by atoms with Crippen LogP contribution in [0.5, 0.6) is 0 Å². The van der Waals surface area contributed by atoms with Crippen LogP contribution in [0.3, 0.4) is 0 Å². The minimum Gasteiger partial charge on any atom is -0.381 e. The molecular formula is C17H23N3O. The maximum atomic E-state index is 5.52. The lowest BCUT2D eigenvalue weighted by atomic mass is 9.94. The van der Waals surface area contributed by atoms with E-state index in [0.29, 0.717) is 12.0 Å². The van der Waals surface area contributed by atoms with Crippen LogP contribution in [-0.2, 0) is 18.3 Å². The van der Waals surface area contributed by atoms with Gasteiger partial charge in [0, 0.05) is 44.6 Å². The number of nitrogens with one attached hydrogen (secondary N) is 1. The highest BCUT2D eigenvalue weighted by Gasteiger charge is 2.21. The van der Waals surface area contributed by atoms with E-state index in [1.165, 1.54) is 17.5 Å². The first-order valence-corrected chi connectivity index (χ1v) is 7.65. The van der Waals surface area contributed by atoms with E-state index in [-0.39, 0.29) is 0 Å². The first-order chi connectivity index (χ1) is 10.3. The van der Waals surface area contributed by atoms with Crippen molar-refractivity contribution in [1.82, 2.24) is 15.1 Å². The maximum Gasteiger partial charge on any atom is 0.0534 e. The van der Waals surface area contributed by atoms with Gasteiger partial charge in [0.25, 0.3) is 0 Å². The second-order valence-corrected chi connectivity index (χ2v) is 5.83. The fraction of sp³-hybridized carbons (Fsp3) is 0.471. The van der Waals surface area contributed by atoms with Gasteiger partial charge in [0.1, 0.15) is 0 Å². The molecule has 3 rings (SSSR count). The second-order valence-electron chi connectivity index (χ2n) is 5.83. The summed E-state index contributed by atoms with van der Waals surface area (Å²) in [6.07, 6.45) is 6.30. The summed E-state index contributed by atoms with van der Waals surface area (Å²) in [6, 6.07) is 11.1. The normalized spacial score (nSPS) is 19.8. The Labute approximate surface area is 126 Å². The van der Waals surface area contributed by atoms with Gasteiger partial charge in [0.15, 0.2) is 0 Å². The van der Waals surface area contributed by atoms with E-state index in [9.17, 15) is 0 Å². The van der Waals surface area contributed by atoms with E-state index >= 15 is 0 Å². The number of nitrogens with zero attached hydrogens (tertiary/aromatic N) is 2. The number of hydrogen-bond donors (Lipinski definition) is 1. The van der Waals surface area contributed by atoms with Crippen LogP contribution in [0, 0.1) is 5.92 Å². The van der Waals surface area contributed by atoms with Crippen molar-refractivity contribution in [1.29, 1.82) is 0 Å². The van der Waals surface area contributed by atoms with E-state index in [4.69, 9.17) is 4.74 Å². The molecule has 1 saturated heterocycles. The quantitative estimate of drug-likeness (QED) is 0.887. The number of benzene rings is 1. The van der Waals surface area contributed by atoms with Crippen molar-refractivity contribution in [3.63, 3.8) is 0 Å². The molecule has 0 amide bonds. The SMILES string of the molecule is Cn1cc(CN[C@@H](C[C@@H]2CCOC2)c2ccccc2)cn1. The summed E-state index contributed by atoms with van der Waals surface area (Å²) >= 11 is 0. The number of ether oxygens (including phenoxy) is 1. The molecule has 2 heterocycles. The molecule has 21 heavy (non-hydrogen) atoms. The van der Waals surface area contributed by atoms with Crippen molar-refractivity contribution in [2.75, 3.05) is 13.2 Å². The standard InChI is InChI=1S/C17H23N3O/c1-20-12-15(11-19-20)10-18-17(9-14-7-8-21-13-14)16-5-3-2-4-6-16/h2-6,11-12,14,17-18H,7-10,13H2,1H3/t14-,17-/m0/s1. The van der Waals surface area contributed by atoms with Crippen LogP contribution in [0.15, 0.2) is 42.7 Å². The number of aromatic nitrogens is 2. The van der Waals surface area contributed by atoms with E-state index in [1.807, 2.05) is 17.9 Å². The Bertz CT molecular complexity index is 546. The van der Waals surface area contributed by atoms with Gasteiger partial charge in [-0.2, -0.15) is 5.10 Å². The molecule has 112 valence electrons. The first-order valence-electron chi connectivity index (χ1n) is 7.65. The highest BCUT2D eigenvalue weighted by molar-refractivity contribution is 5.19. The molecular weight excluding hydrogens is 262 g/mol. The van der Waals surface area contributed by atoms with Crippen molar-refractivity contribution < 1.29 is 4.74 Å². The predicted molar refractivity (Wildman–Crippen MR) is 82.8 cm³/mol. The summed E-state index contributed by atoms with van der Waals surface area (Å²) in [7, 11) is 1.95. The lowest BCUT2D eigenvalue weighted by Crippen LogP contribution is -2.23. The molecule has 1 fully saturated rings. The Morgan fingerprint density at radius 2 is 2.24 bits per heavy atom. The maximum absolute atomic E-state index is 5.52. The number of aryl methyl sites for hydroxylation is 1. The predicted octanol–water partition coefficient (Wildman–Crippen LogP) is 2.68. The fourth-order valence-electron chi connectivity index (χ4n) is 2.93. The third-order valence-electron chi connectivity index (χ3n) is 4.11. The van der Waals surface area contributed by atoms with Crippen LogP contribution >= 0.6 is 0 Å². The zero-order valence-corrected chi connectivity index (χ0v) is 12.5. The molecule has 0 unspecified atom stereocenters. The first kappa shape index (κ1) is 14.3. The largest absolute Gasteiger partial charge is 0.381 e. The number of rotatable bonds is 6. The van der Waals surface area contributed by atoms with E-state index in [1.54, 1.807) is 0 Å². The van der Waals surface area contributed by atoms with Crippen LogP contribution in [0.4, 0.5) is 0 Å². The summed E-state index contributed by atoms with van der Waals surface area (Å²) < 4.78 is 7.37. The molecule has 0 aliphatic carbocycles. The highest BCUT2D eigenvalue weighted by atomic mass is 16.5. The van der Waals surface area contributed by atoms with Gasteiger partial charge in [0.2, 0.25) is 0 Å². The van der Waals surface area contributed by atoms with Gasteiger partial charge < -0.3 is 10.1 Å². The molecule has 1 N–H and O–H groups in total. The van der Waals surface area contributed by atoms with Crippen molar-refractivity contribution in [3.05, 3.63) is 53.9 Å². The Kier molecular flexibility index (Phi) is 4.68. The molecule has 1 aromatic carbocycles. The average molecular weight is 285 g/mol. The zero-order chi connectivity index (χ0) is 14.5. The van der Waals surface area contributed by atoms with Crippen LogP contribution in [-0.4, -0.2) is 23.0 Å². The minimum atomic E-state index is 0.373. The van der Waals surface area contributed by atoms with Crippen molar-refractivity contribution >= 4 is 0 Å². The van der Waals surface area contributed by atoms with Gasteiger partial charge in [-0.25, -0.2) is 0 Å². The molecule has 1 aliphatic rings. The summed E-state index contributed by atoms with van der Waals surface area (Å²) in [5, 5.41) is 7.91. The van der Waals surface area contributed by atoms with Crippen LogP contribution in [0.25, 0.3) is 0 Å². The molecule has 2 atom stereocenters. The molecule has 4 heteroatoms. The second kappa shape index (κ2) is 6.87. The van der Waals surface area contributed by atoms with Gasteiger partial charge in [-0.15, -0.1) is 0 Å². The fourth-order valence-corrected chi connectivity index (χ4v) is 2.93. The summed E-state index contributed by atoms with van der Waals surface area (Å²) in [5.41, 5.74) is 2.58. The molecule has 0 saturated carbocycles. The lowest BCUT2D eigenvalue weighted by Gasteiger charge is -2.21. The molecule has 0 radical (unpaired) electrons. The van der Waals surface area contributed by atoms with Gasteiger partial charge in [-0.05, 0) is 24.3 Å². The molecule has 2 aromatic rings.